The molecule has 2 N–H and O–H groups in total. The topological polar surface area (TPSA) is 97.2 Å². The van der Waals surface area contributed by atoms with Crippen LogP contribution in [0.5, 0.6) is 5.75 Å². The minimum Gasteiger partial charge on any atom is -0.489 e. The van der Waals surface area contributed by atoms with Gasteiger partial charge in [-0.3, -0.25) is 9.59 Å². The summed E-state index contributed by atoms with van der Waals surface area (Å²) in [6.07, 6.45) is 1.50. The normalized spacial score (nSPS) is 11.1. The zero-order valence-corrected chi connectivity index (χ0v) is 13.7. The molecular formula is C19H15N3O4. The highest BCUT2D eigenvalue weighted by atomic mass is 16.5. The second-order valence-electron chi connectivity index (χ2n) is 5.90. The first kappa shape index (κ1) is 15.9. The van der Waals surface area contributed by atoms with Crippen molar-refractivity contribution in [3.8, 4) is 5.75 Å². The maximum Gasteiger partial charge on any atom is 0.325 e. The van der Waals surface area contributed by atoms with Crippen LogP contribution < -0.4 is 10.3 Å². The average Bonchev–Trinajstić information content (AvgIpc) is 3.02. The Labute approximate surface area is 147 Å². The molecule has 7 heteroatoms. The summed E-state index contributed by atoms with van der Waals surface area (Å²) in [4.78, 5) is 26.3. The summed E-state index contributed by atoms with van der Waals surface area (Å²) in [6.45, 7) is -0.0338. The number of ether oxygens (including phenoxy) is 1. The molecule has 7 nitrogen and oxygen atoms in total. The van der Waals surface area contributed by atoms with Gasteiger partial charge in [0, 0.05) is 16.3 Å². The van der Waals surface area contributed by atoms with Crippen LogP contribution in [0.2, 0.25) is 0 Å². The van der Waals surface area contributed by atoms with Gasteiger partial charge in [0.1, 0.15) is 24.4 Å². The molecule has 0 unspecified atom stereocenters. The Bertz CT molecular complexity index is 1160. The summed E-state index contributed by atoms with van der Waals surface area (Å²) in [7, 11) is 0. The minimum atomic E-state index is -1.12. The summed E-state index contributed by atoms with van der Waals surface area (Å²) >= 11 is 0. The van der Waals surface area contributed by atoms with Crippen molar-refractivity contribution in [1.82, 2.24) is 14.8 Å². The zero-order chi connectivity index (χ0) is 18.1. The van der Waals surface area contributed by atoms with Gasteiger partial charge in [-0.25, -0.2) is 4.68 Å². The van der Waals surface area contributed by atoms with E-state index in [2.05, 4.69) is 10.1 Å². The molecule has 2 aromatic carbocycles. The number of aliphatic carboxylic acids is 1. The number of aromatic amines is 1. The predicted molar refractivity (Wildman–Crippen MR) is 96.3 cm³/mol. The van der Waals surface area contributed by atoms with Crippen molar-refractivity contribution in [2.75, 3.05) is 0 Å². The number of nitrogens with zero attached hydrogens (tertiary/aromatic N) is 2. The fourth-order valence-electron chi connectivity index (χ4n) is 2.87. The van der Waals surface area contributed by atoms with Gasteiger partial charge in [0.25, 0.3) is 5.56 Å². The van der Waals surface area contributed by atoms with E-state index in [1.807, 2.05) is 48.5 Å². The lowest BCUT2D eigenvalue weighted by Crippen LogP contribution is -2.26. The number of nitrogens with one attached hydrogen (secondary N) is 1. The Morgan fingerprint density at radius 2 is 1.96 bits per heavy atom. The molecule has 0 aliphatic rings. The van der Waals surface area contributed by atoms with Gasteiger partial charge in [-0.1, -0.05) is 30.3 Å². The number of hydrogen-bond donors (Lipinski definition) is 2. The maximum absolute atomic E-state index is 12.4. The van der Waals surface area contributed by atoms with Crippen LogP contribution in [0.3, 0.4) is 0 Å². The Balaban J connectivity index is 1.71. The molecule has 4 rings (SSSR count). The summed E-state index contributed by atoms with van der Waals surface area (Å²) in [5.41, 5.74) is 1.69. The lowest BCUT2D eigenvalue weighted by atomic mass is 10.2. The first-order chi connectivity index (χ1) is 12.6. The first-order valence-corrected chi connectivity index (χ1v) is 8.02. The number of H-pyrrole nitrogens is 1. The van der Waals surface area contributed by atoms with E-state index >= 15 is 0 Å². The van der Waals surface area contributed by atoms with Crippen molar-refractivity contribution < 1.29 is 14.6 Å². The number of fused-ring (bicyclic) bond motifs is 3. The highest BCUT2D eigenvalue weighted by Gasteiger charge is 2.12. The van der Waals surface area contributed by atoms with E-state index in [1.54, 1.807) is 0 Å². The van der Waals surface area contributed by atoms with Crippen LogP contribution in [0.4, 0.5) is 0 Å². The second kappa shape index (κ2) is 6.36. The quantitative estimate of drug-likeness (QED) is 0.577. The van der Waals surface area contributed by atoms with Crippen molar-refractivity contribution >= 4 is 27.8 Å². The zero-order valence-electron chi connectivity index (χ0n) is 13.7. The molecule has 26 heavy (non-hydrogen) atoms. The molecule has 0 atom stereocenters. The van der Waals surface area contributed by atoms with Crippen molar-refractivity contribution in [1.29, 1.82) is 0 Å². The van der Waals surface area contributed by atoms with E-state index in [9.17, 15) is 9.59 Å². The van der Waals surface area contributed by atoms with Crippen molar-refractivity contribution in [3.05, 3.63) is 70.6 Å². The van der Waals surface area contributed by atoms with Crippen LogP contribution in [0.1, 0.15) is 5.56 Å². The molecule has 0 aliphatic carbocycles. The number of rotatable bonds is 5. The van der Waals surface area contributed by atoms with E-state index in [0.717, 1.165) is 21.1 Å². The molecule has 2 aromatic heterocycles. The summed E-state index contributed by atoms with van der Waals surface area (Å²) < 4.78 is 6.75. The summed E-state index contributed by atoms with van der Waals surface area (Å²) in [5.74, 6) is -0.441. The van der Waals surface area contributed by atoms with Crippen LogP contribution in [0.25, 0.3) is 21.8 Å². The number of benzene rings is 2. The van der Waals surface area contributed by atoms with Gasteiger partial charge in [0.15, 0.2) is 0 Å². The SMILES string of the molecule is O=C(O)Cn1ncc2c([nH]c3ccc(OCc4ccccc4)cc32)c1=O. The molecule has 0 aliphatic heterocycles. The molecular weight excluding hydrogens is 334 g/mol. The van der Waals surface area contributed by atoms with Gasteiger partial charge in [-0.2, -0.15) is 5.10 Å². The smallest absolute Gasteiger partial charge is 0.325 e. The van der Waals surface area contributed by atoms with E-state index < -0.39 is 18.1 Å². The van der Waals surface area contributed by atoms with Crippen molar-refractivity contribution in [2.24, 2.45) is 0 Å². The highest BCUT2D eigenvalue weighted by molar-refractivity contribution is 6.06. The number of carboxylic acids is 1. The Morgan fingerprint density at radius 1 is 1.15 bits per heavy atom. The lowest BCUT2D eigenvalue weighted by Gasteiger charge is -2.06. The van der Waals surface area contributed by atoms with Gasteiger partial charge in [-0.05, 0) is 23.8 Å². The van der Waals surface area contributed by atoms with Gasteiger partial charge in [-0.15, -0.1) is 0 Å². The maximum atomic E-state index is 12.4. The molecule has 0 radical (unpaired) electrons. The third-order valence-electron chi connectivity index (χ3n) is 4.12. The standard InChI is InChI=1S/C19H15N3O4/c23-17(24)10-22-19(25)18-15(9-20-22)14-8-13(6-7-16(14)21-18)26-11-12-4-2-1-3-5-12/h1-9,21H,10-11H2,(H,23,24). The third kappa shape index (κ3) is 2.90. The molecule has 0 spiro atoms. The van der Waals surface area contributed by atoms with Crippen LogP contribution in [0.15, 0.2) is 59.5 Å². The molecule has 0 saturated carbocycles. The van der Waals surface area contributed by atoms with Crippen molar-refractivity contribution in [2.45, 2.75) is 13.2 Å². The molecule has 0 amide bonds. The molecule has 0 fully saturated rings. The number of carbonyl (C=O) groups is 1. The minimum absolute atomic E-state index is 0.330. The van der Waals surface area contributed by atoms with Gasteiger partial charge < -0.3 is 14.8 Å². The molecule has 0 saturated heterocycles. The average molecular weight is 349 g/mol. The Hall–Kier alpha value is -3.61. The van der Waals surface area contributed by atoms with E-state index in [-0.39, 0.29) is 0 Å². The van der Waals surface area contributed by atoms with Gasteiger partial charge in [0.2, 0.25) is 0 Å². The van der Waals surface area contributed by atoms with Crippen LogP contribution in [0, 0.1) is 0 Å². The first-order valence-electron chi connectivity index (χ1n) is 8.02. The number of hydrogen-bond acceptors (Lipinski definition) is 4. The number of aromatic nitrogens is 3. The molecule has 2 heterocycles. The Morgan fingerprint density at radius 3 is 2.73 bits per heavy atom. The lowest BCUT2D eigenvalue weighted by molar-refractivity contribution is -0.137. The van der Waals surface area contributed by atoms with Crippen LogP contribution in [-0.2, 0) is 17.9 Å². The molecule has 130 valence electrons. The van der Waals surface area contributed by atoms with Crippen LogP contribution in [-0.4, -0.2) is 25.8 Å². The third-order valence-corrected chi connectivity index (χ3v) is 4.12. The van der Waals surface area contributed by atoms with Crippen LogP contribution >= 0.6 is 0 Å². The van der Waals surface area contributed by atoms with Crippen molar-refractivity contribution in [3.63, 3.8) is 0 Å². The van der Waals surface area contributed by atoms with Gasteiger partial charge >= 0.3 is 5.97 Å². The summed E-state index contributed by atoms with van der Waals surface area (Å²) in [5, 5.41) is 14.3. The highest BCUT2D eigenvalue weighted by Crippen LogP contribution is 2.27. The molecule has 0 bridgehead atoms. The Kier molecular flexibility index (Phi) is 3.89. The fraction of sp³-hybridized carbons (Fsp3) is 0.105. The van der Waals surface area contributed by atoms with Gasteiger partial charge in [0.05, 0.1) is 6.20 Å². The summed E-state index contributed by atoms with van der Waals surface area (Å²) in [6, 6.07) is 15.3. The van der Waals surface area contributed by atoms with E-state index in [1.165, 1.54) is 6.20 Å². The van der Waals surface area contributed by atoms with E-state index in [4.69, 9.17) is 9.84 Å². The number of carboxylic acid groups (broad SMARTS) is 1. The second-order valence-corrected chi connectivity index (χ2v) is 5.90. The molecule has 4 aromatic rings. The predicted octanol–water partition coefficient (Wildman–Crippen LogP) is 2.54. The largest absolute Gasteiger partial charge is 0.489 e. The monoisotopic (exact) mass is 349 g/mol. The van der Waals surface area contributed by atoms with E-state index in [0.29, 0.717) is 23.3 Å². The fourth-order valence-corrected chi connectivity index (χ4v) is 2.87.